The van der Waals surface area contributed by atoms with Crippen molar-refractivity contribution in [1.29, 1.82) is 0 Å². The van der Waals surface area contributed by atoms with Gasteiger partial charge in [0.1, 0.15) is 0 Å². The standard InChI is InChI=1S/C18H25ClN4/c1-4-9-21-18(20-5-2)22-12-15-8-10-23(13-15)17-11-16(19)7-6-14(17)3/h1,6-7,11,15H,5,8-10,12-13H2,2-3H3,(H2,20,21,22). The summed E-state index contributed by atoms with van der Waals surface area (Å²) in [5, 5.41) is 7.13. The molecule has 1 saturated heterocycles. The van der Waals surface area contributed by atoms with E-state index in [0.29, 0.717) is 12.5 Å². The highest BCUT2D eigenvalue weighted by atomic mass is 35.5. The minimum Gasteiger partial charge on any atom is -0.371 e. The molecule has 1 fully saturated rings. The normalized spacial score (nSPS) is 17.9. The number of guanidine groups is 1. The zero-order chi connectivity index (χ0) is 16.7. The Balaban J connectivity index is 1.94. The number of hydrogen-bond acceptors (Lipinski definition) is 2. The van der Waals surface area contributed by atoms with Gasteiger partial charge in [-0.1, -0.05) is 23.6 Å². The number of benzene rings is 1. The van der Waals surface area contributed by atoms with Crippen LogP contribution >= 0.6 is 11.6 Å². The summed E-state index contributed by atoms with van der Waals surface area (Å²) in [4.78, 5) is 7.05. The van der Waals surface area contributed by atoms with Crippen LogP contribution in [0.4, 0.5) is 5.69 Å². The van der Waals surface area contributed by atoms with Crippen molar-refractivity contribution in [2.24, 2.45) is 10.9 Å². The molecular formula is C18H25ClN4. The molecule has 0 amide bonds. The van der Waals surface area contributed by atoms with Crippen LogP contribution in [0, 0.1) is 25.2 Å². The fourth-order valence-electron chi connectivity index (χ4n) is 2.82. The Hall–Kier alpha value is -1.86. The second-order valence-corrected chi connectivity index (χ2v) is 6.25. The summed E-state index contributed by atoms with van der Waals surface area (Å²) in [6.45, 7) is 8.36. The fourth-order valence-corrected chi connectivity index (χ4v) is 2.99. The second kappa shape index (κ2) is 8.69. The molecule has 124 valence electrons. The topological polar surface area (TPSA) is 39.7 Å². The number of rotatable bonds is 5. The molecule has 0 aromatic heterocycles. The summed E-state index contributed by atoms with van der Waals surface area (Å²) in [5.74, 6) is 3.92. The zero-order valence-electron chi connectivity index (χ0n) is 13.9. The minimum absolute atomic E-state index is 0.490. The van der Waals surface area contributed by atoms with Crippen molar-refractivity contribution in [2.45, 2.75) is 20.3 Å². The Labute approximate surface area is 144 Å². The van der Waals surface area contributed by atoms with Crippen molar-refractivity contribution in [2.75, 3.05) is 37.6 Å². The number of aliphatic imine (C=N–C) groups is 1. The predicted molar refractivity (Wildman–Crippen MR) is 99.3 cm³/mol. The van der Waals surface area contributed by atoms with Crippen LogP contribution in [0.15, 0.2) is 23.2 Å². The van der Waals surface area contributed by atoms with Gasteiger partial charge >= 0.3 is 0 Å². The third kappa shape index (κ3) is 5.07. The minimum atomic E-state index is 0.490. The monoisotopic (exact) mass is 332 g/mol. The largest absolute Gasteiger partial charge is 0.371 e. The van der Waals surface area contributed by atoms with Gasteiger partial charge in [-0.3, -0.25) is 4.99 Å². The molecule has 4 nitrogen and oxygen atoms in total. The average molecular weight is 333 g/mol. The fraction of sp³-hybridized carbons (Fsp3) is 0.500. The van der Waals surface area contributed by atoms with Gasteiger partial charge in [-0.05, 0) is 43.9 Å². The quantitative estimate of drug-likeness (QED) is 0.495. The third-order valence-corrected chi connectivity index (χ3v) is 4.24. The lowest BCUT2D eigenvalue weighted by Gasteiger charge is -2.21. The number of anilines is 1. The molecule has 1 heterocycles. The molecular weight excluding hydrogens is 308 g/mol. The van der Waals surface area contributed by atoms with Gasteiger partial charge in [-0.25, -0.2) is 0 Å². The number of terminal acetylenes is 1. The van der Waals surface area contributed by atoms with Gasteiger partial charge in [0, 0.05) is 36.9 Å². The van der Waals surface area contributed by atoms with Crippen molar-refractivity contribution < 1.29 is 0 Å². The van der Waals surface area contributed by atoms with Gasteiger partial charge < -0.3 is 15.5 Å². The maximum Gasteiger partial charge on any atom is 0.192 e. The highest BCUT2D eigenvalue weighted by molar-refractivity contribution is 6.30. The van der Waals surface area contributed by atoms with E-state index in [1.807, 2.05) is 13.0 Å². The molecule has 0 radical (unpaired) electrons. The Bertz CT molecular complexity index is 591. The van der Waals surface area contributed by atoms with Crippen molar-refractivity contribution in [3.63, 3.8) is 0 Å². The summed E-state index contributed by atoms with van der Waals surface area (Å²) in [6, 6.07) is 6.08. The van der Waals surface area contributed by atoms with Crippen LogP contribution < -0.4 is 15.5 Å². The van der Waals surface area contributed by atoms with E-state index in [-0.39, 0.29) is 0 Å². The Kier molecular flexibility index (Phi) is 6.61. The second-order valence-electron chi connectivity index (χ2n) is 5.81. The van der Waals surface area contributed by atoms with Gasteiger partial charge in [0.25, 0.3) is 0 Å². The van der Waals surface area contributed by atoms with Crippen LogP contribution in [-0.4, -0.2) is 38.7 Å². The Morgan fingerprint density at radius 3 is 3.04 bits per heavy atom. The maximum absolute atomic E-state index is 6.14. The Morgan fingerprint density at radius 2 is 2.30 bits per heavy atom. The first-order valence-corrected chi connectivity index (χ1v) is 8.48. The summed E-state index contributed by atoms with van der Waals surface area (Å²) in [5.41, 5.74) is 2.50. The van der Waals surface area contributed by atoms with E-state index in [1.165, 1.54) is 11.3 Å². The molecule has 2 N–H and O–H groups in total. The molecule has 0 bridgehead atoms. The van der Waals surface area contributed by atoms with E-state index >= 15 is 0 Å². The van der Waals surface area contributed by atoms with Crippen LogP contribution in [0.3, 0.4) is 0 Å². The lowest BCUT2D eigenvalue weighted by molar-refractivity contribution is 0.600. The molecule has 0 aliphatic carbocycles. The molecule has 1 aliphatic heterocycles. The number of nitrogens with one attached hydrogen (secondary N) is 2. The summed E-state index contributed by atoms with van der Waals surface area (Å²) in [6.07, 6.45) is 6.43. The molecule has 2 rings (SSSR count). The van der Waals surface area contributed by atoms with Crippen molar-refractivity contribution in [3.8, 4) is 12.3 Å². The molecule has 0 saturated carbocycles. The van der Waals surface area contributed by atoms with Gasteiger partial charge in [0.15, 0.2) is 5.96 Å². The van der Waals surface area contributed by atoms with Crippen LogP contribution in [0.1, 0.15) is 18.9 Å². The molecule has 1 aliphatic rings. The van der Waals surface area contributed by atoms with Crippen LogP contribution in [0.25, 0.3) is 0 Å². The highest BCUT2D eigenvalue weighted by Crippen LogP contribution is 2.29. The number of halogens is 1. The van der Waals surface area contributed by atoms with E-state index in [0.717, 1.165) is 43.6 Å². The van der Waals surface area contributed by atoms with E-state index in [2.05, 4.69) is 45.5 Å². The number of aryl methyl sites for hydroxylation is 1. The van der Waals surface area contributed by atoms with Crippen molar-refractivity contribution >= 4 is 23.2 Å². The molecule has 23 heavy (non-hydrogen) atoms. The SMILES string of the molecule is C#CCNC(=NCC1CCN(c2cc(Cl)ccc2C)C1)NCC. The first kappa shape index (κ1) is 17.5. The molecule has 0 spiro atoms. The van der Waals surface area contributed by atoms with E-state index in [9.17, 15) is 0 Å². The smallest absolute Gasteiger partial charge is 0.192 e. The maximum atomic E-state index is 6.14. The Morgan fingerprint density at radius 1 is 1.48 bits per heavy atom. The first-order chi connectivity index (χ1) is 11.1. The van der Waals surface area contributed by atoms with Crippen molar-refractivity contribution in [1.82, 2.24) is 10.6 Å². The van der Waals surface area contributed by atoms with E-state index in [1.54, 1.807) is 0 Å². The zero-order valence-corrected chi connectivity index (χ0v) is 14.7. The van der Waals surface area contributed by atoms with Crippen molar-refractivity contribution in [3.05, 3.63) is 28.8 Å². The third-order valence-electron chi connectivity index (χ3n) is 4.01. The van der Waals surface area contributed by atoms with Crippen LogP contribution in [-0.2, 0) is 0 Å². The lowest BCUT2D eigenvalue weighted by atomic mass is 10.1. The van der Waals surface area contributed by atoms with E-state index in [4.69, 9.17) is 18.0 Å². The summed E-state index contributed by atoms with van der Waals surface area (Å²) < 4.78 is 0. The van der Waals surface area contributed by atoms with Gasteiger partial charge in [-0.15, -0.1) is 6.42 Å². The van der Waals surface area contributed by atoms with E-state index < -0.39 is 0 Å². The van der Waals surface area contributed by atoms with Gasteiger partial charge in [0.2, 0.25) is 0 Å². The van der Waals surface area contributed by atoms with Crippen LogP contribution in [0.5, 0.6) is 0 Å². The highest BCUT2D eigenvalue weighted by Gasteiger charge is 2.23. The van der Waals surface area contributed by atoms with Crippen LogP contribution in [0.2, 0.25) is 5.02 Å². The lowest BCUT2D eigenvalue weighted by Crippen LogP contribution is -2.37. The number of nitrogens with zero attached hydrogens (tertiary/aromatic N) is 2. The molecule has 1 unspecified atom stereocenters. The molecule has 1 aromatic carbocycles. The number of hydrogen-bond donors (Lipinski definition) is 2. The van der Waals surface area contributed by atoms with Gasteiger partial charge in [0.05, 0.1) is 6.54 Å². The average Bonchev–Trinajstić information content (AvgIpc) is 3.01. The molecule has 1 aromatic rings. The van der Waals surface area contributed by atoms with Gasteiger partial charge in [-0.2, -0.15) is 0 Å². The molecule has 5 heteroatoms. The molecule has 1 atom stereocenters. The summed E-state index contributed by atoms with van der Waals surface area (Å²) in [7, 11) is 0. The first-order valence-electron chi connectivity index (χ1n) is 8.10. The predicted octanol–water partition coefficient (Wildman–Crippen LogP) is 2.66. The summed E-state index contributed by atoms with van der Waals surface area (Å²) >= 11 is 6.14.